The van der Waals surface area contributed by atoms with Crippen molar-refractivity contribution in [2.75, 3.05) is 5.32 Å². The Morgan fingerprint density at radius 2 is 2.06 bits per heavy atom. The molecule has 2 fully saturated rings. The molecule has 17 heavy (non-hydrogen) atoms. The van der Waals surface area contributed by atoms with Crippen LogP contribution in [0.1, 0.15) is 31.1 Å². The lowest BCUT2D eigenvalue weighted by Crippen LogP contribution is -2.16. The van der Waals surface area contributed by atoms with Crippen LogP contribution in [0.5, 0.6) is 0 Å². The lowest BCUT2D eigenvalue weighted by atomic mass is 10.3. The Morgan fingerprint density at radius 1 is 1.29 bits per heavy atom. The SMILES string of the molecule is O=C(O)C1CC1C(=O)Nc1nnc(C2CC2)o1. The fourth-order valence-electron chi connectivity index (χ4n) is 1.74. The highest BCUT2D eigenvalue weighted by Gasteiger charge is 2.48. The van der Waals surface area contributed by atoms with Crippen molar-refractivity contribution < 1.29 is 19.1 Å². The second-order valence-corrected chi connectivity index (χ2v) is 4.50. The number of hydrogen-bond donors (Lipinski definition) is 2. The van der Waals surface area contributed by atoms with E-state index in [0.29, 0.717) is 18.2 Å². The van der Waals surface area contributed by atoms with Crippen LogP contribution in [0.4, 0.5) is 6.01 Å². The minimum absolute atomic E-state index is 0.0629. The zero-order valence-electron chi connectivity index (χ0n) is 8.92. The smallest absolute Gasteiger partial charge is 0.322 e. The Labute approximate surface area is 96.2 Å². The number of carboxylic acids is 1. The van der Waals surface area contributed by atoms with Crippen LogP contribution in [0.25, 0.3) is 0 Å². The summed E-state index contributed by atoms with van der Waals surface area (Å²) in [5.74, 6) is -1.45. The van der Waals surface area contributed by atoms with E-state index < -0.39 is 17.8 Å². The Balaban J connectivity index is 1.59. The molecule has 90 valence electrons. The molecule has 3 rings (SSSR count). The number of anilines is 1. The molecule has 2 atom stereocenters. The summed E-state index contributed by atoms with van der Waals surface area (Å²) in [6.45, 7) is 0. The van der Waals surface area contributed by atoms with Gasteiger partial charge < -0.3 is 9.52 Å². The Morgan fingerprint density at radius 3 is 2.65 bits per heavy atom. The molecule has 2 unspecified atom stereocenters. The van der Waals surface area contributed by atoms with E-state index in [4.69, 9.17) is 9.52 Å². The van der Waals surface area contributed by atoms with Crippen molar-refractivity contribution in [2.45, 2.75) is 25.2 Å². The molecule has 2 N–H and O–H groups in total. The summed E-state index contributed by atoms with van der Waals surface area (Å²) in [5, 5.41) is 18.7. The number of aliphatic carboxylic acids is 1. The Hall–Kier alpha value is -1.92. The molecular weight excluding hydrogens is 226 g/mol. The topological polar surface area (TPSA) is 105 Å². The molecule has 7 nitrogen and oxygen atoms in total. The summed E-state index contributed by atoms with van der Waals surface area (Å²) < 4.78 is 5.25. The predicted molar refractivity (Wildman–Crippen MR) is 54.1 cm³/mol. The van der Waals surface area contributed by atoms with E-state index >= 15 is 0 Å². The minimum Gasteiger partial charge on any atom is -0.481 e. The fourth-order valence-corrected chi connectivity index (χ4v) is 1.74. The van der Waals surface area contributed by atoms with Crippen LogP contribution in [0.2, 0.25) is 0 Å². The first-order valence-electron chi connectivity index (χ1n) is 5.52. The molecule has 1 heterocycles. The van der Waals surface area contributed by atoms with Crippen molar-refractivity contribution in [3.63, 3.8) is 0 Å². The number of nitrogens with zero attached hydrogens (tertiary/aromatic N) is 2. The number of carbonyl (C=O) groups excluding carboxylic acids is 1. The summed E-state index contributed by atoms with van der Waals surface area (Å²) in [5.41, 5.74) is 0. The molecule has 0 aromatic carbocycles. The maximum Gasteiger partial charge on any atom is 0.322 e. The molecular formula is C10H11N3O4. The van der Waals surface area contributed by atoms with Crippen molar-refractivity contribution in [1.82, 2.24) is 10.2 Å². The van der Waals surface area contributed by atoms with Crippen molar-refractivity contribution in [2.24, 2.45) is 11.8 Å². The van der Waals surface area contributed by atoms with Crippen molar-refractivity contribution >= 4 is 17.9 Å². The zero-order chi connectivity index (χ0) is 12.0. The van der Waals surface area contributed by atoms with E-state index in [2.05, 4.69) is 15.5 Å². The van der Waals surface area contributed by atoms with E-state index in [1.165, 1.54) is 0 Å². The zero-order valence-corrected chi connectivity index (χ0v) is 8.92. The lowest BCUT2D eigenvalue weighted by Gasteiger charge is -1.97. The summed E-state index contributed by atoms with van der Waals surface area (Å²) >= 11 is 0. The molecule has 0 aliphatic heterocycles. The van der Waals surface area contributed by atoms with Gasteiger partial charge in [0.1, 0.15) is 0 Å². The summed E-state index contributed by atoms with van der Waals surface area (Å²) in [7, 11) is 0. The lowest BCUT2D eigenvalue weighted by molar-refractivity contribution is -0.139. The van der Waals surface area contributed by atoms with Gasteiger partial charge in [0.25, 0.3) is 0 Å². The largest absolute Gasteiger partial charge is 0.481 e. The standard InChI is InChI=1S/C10H11N3O4/c14-7(5-3-6(5)9(15)16)11-10-13-12-8(17-10)4-1-2-4/h4-6H,1-3H2,(H,15,16)(H,11,13,14). The molecule has 1 aromatic heterocycles. The quantitative estimate of drug-likeness (QED) is 0.794. The van der Waals surface area contributed by atoms with Crippen LogP contribution < -0.4 is 5.32 Å². The maximum atomic E-state index is 11.6. The van der Waals surface area contributed by atoms with Crippen LogP contribution in [-0.2, 0) is 9.59 Å². The molecule has 1 amide bonds. The van der Waals surface area contributed by atoms with Gasteiger partial charge in [-0.1, -0.05) is 5.10 Å². The van der Waals surface area contributed by atoms with Gasteiger partial charge in [-0.2, -0.15) is 0 Å². The molecule has 0 saturated heterocycles. The van der Waals surface area contributed by atoms with E-state index in [0.717, 1.165) is 12.8 Å². The van der Waals surface area contributed by atoms with Crippen LogP contribution in [-0.4, -0.2) is 27.2 Å². The van der Waals surface area contributed by atoms with E-state index in [9.17, 15) is 9.59 Å². The average Bonchev–Trinajstić information content (AvgIpc) is 3.17. The minimum atomic E-state index is -0.936. The molecule has 7 heteroatoms. The first kappa shape index (κ1) is 10.2. The van der Waals surface area contributed by atoms with Crippen molar-refractivity contribution in [3.8, 4) is 0 Å². The first-order valence-corrected chi connectivity index (χ1v) is 5.52. The summed E-state index contributed by atoms with van der Waals surface area (Å²) in [6, 6.07) is 0.0629. The maximum absolute atomic E-state index is 11.6. The highest BCUT2D eigenvalue weighted by atomic mass is 16.4. The second kappa shape index (κ2) is 3.54. The number of carbonyl (C=O) groups is 2. The predicted octanol–water partition coefficient (Wildman–Crippen LogP) is 0.606. The highest BCUT2D eigenvalue weighted by molar-refractivity contribution is 5.96. The van der Waals surface area contributed by atoms with Gasteiger partial charge in [-0.25, -0.2) is 0 Å². The normalized spacial score (nSPS) is 26.6. The number of amides is 1. The number of hydrogen-bond acceptors (Lipinski definition) is 5. The van der Waals surface area contributed by atoms with E-state index in [1.807, 2.05) is 0 Å². The van der Waals surface area contributed by atoms with Crippen LogP contribution in [0.15, 0.2) is 4.42 Å². The van der Waals surface area contributed by atoms with Gasteiger partial charge in [0, 0.05) is 5.92 Å². The molecule has 2 aliphatic carbocycles. The average molecular weight is 237 g/mol. The molecule has 2 saturated carbocycles. The van der Waals surface area contributed by atoms with Crippen molar-refractivity contribution in [3.05, 3.63) is 5.89 Å². The van der Waals surface area contributed by atoms with Crippen LogP contribution in [0.3, 0.4) is 0 Å². The van der Waals surface area contributed by atoms with Crippen molar-refractivity contribution in [1.29, 1.82) is 0 Å². The van der Waals surface area contributed by atoms with Crippen LogP contribution >= 0.6 is 0 Å². The first-order chi connectivity index (χ1) is 8.15. The van der Waals surface area contributed by atoms with Crippen LogP contribution in [0, 0.1) is 11.8 Å². The molecule has 2 aliphatic rings. The molecule has 1 aromatic rings. The Kier molecular flexibility index (Phi) is 2.13. The third kappa shape index (κ3) is 2.00. The molecule has 0 bridgehead atoms. The second-order valence-electron chi connectivity index (χ2n) is 4.50. The summed E-state index contributed by atoms with van der Waals surface area (Å²) in [4.78, 5) is 22.2. The Bertz CT molecular complexity index is 480. The van der Waals surface area contributed by atoms with Gasteiger partial charge in [0.15, 0.2) is 0 Å². The van der Waals surface area contributed by atoms with Gasteiger partial charge in [-0.3, -0.25) is 14.9 Å². The number of aromatic nitrogens is 2. The third-order valence-corrected chi connectivity index (χ3v) is 3.04. The fraction of sp³-hybridized carbons (Fsp3) is 0.600. The van der Waals surface area contributed by atoms with Gasteiger partial charge in [-0.15, -0.1) is 5.10 Å². The molecule has 0 radical (unpaired) electrons. The van der Waals surface area contributed by atoms with E-state index in [1.54, 1.807) is 0 Å². The van der Waals surface area contributed by atoms with Gasteiger partial charge in [0.05, 0.1) is 11.8 Å². The number of carboxylic acid groups (broad SMARTS) is 1. The highest BCUT2D eigenvalue weighted by Crippen LogP contribution is 2.41. The van der Waals surface area contributed by atoms with E-state index in [-0.39, 0.29) is 11.9 Å². The van der Waals surface area contributed by atoms with Gasteiger partial charge in [0.2, 0.25) is 11.8 Å². The molecule has 0 spiro atoms. The third-order valence-electron chi connectivity index (χ3n) is 3.04. The van der Waals surface area contributed by atoms with Gasteiger partial charge >= 0.3 is 12.0 Å². The summed E-state index contributed by atoms with van der Waals surface area (Å²) in [6.07, 6.45) is 2.46. The number of rotatable bonds is 4. The number of nitrogens with one attached hydrogen (secondary N) is 1. The van der Waals surface area contributed by atoms with Gasteiger partial charge in [-0.05, 0) is 19.3 Å². The monoisotopic (exact) mass is 237 g/mol.